The van der Waals surface area contributed by atoms with E-state index in [2.05, 4.69) is 26.9 Å². The number of benzene rings is 1. The number of nitrogens with zero attached hydrogens (tertiary/aromatic N) is 4. The summed E-state index contributed by atoms with van der Waals surface area (Å²) in [7, 11) is 1.70. The van der Waals surface area contributed by atoms with Crippen molar-refractivity contribution in [1.29, 1.82) is 0 Å². The van der Waals surface area contributed by atoms with E-state index in [-0.39, 0.29) is 0 Å². The van der Waals surface area contributed by atoms with Crippen LogP contribution in [0.15, 0.2) is 30.3 Å². The number of methoxy groups -OCH3 is 1. The number of hydrogen-bond donors (Lipinski definition) is 0. The summed E-state index contributed by atoms with van der Waals surface area (Å²) in [6.07, 6.45) is 2.37. The van der Waals surface area contributed by atoms with E-state index in [1.165, 1.54) is 18.5 Å². The van der Waals surface area contributed by atoms with E-state index < -0.39 is 0 Å². The molecule has 5 nitrogen and oxygen atoms in total. The molecule has 2 heterocycles. The second-order valence-electron chi connectivity index (χ2n) is 6.36. The highest BCUT2D eigenvalue weighted by Gasteiger charge is 2.28. The van der Waals surface area contributed by atoms with Crippen molar-refractivity contribution in [3.8, 4) is 5.75 Å². The Kier molecular flexibility index (Phi) is 4.19. The van der Waals surface area contributed by atoms with Crippen LogP contribution in [0.4, 0.5) is 11.5 Å². The van der Waals surface area contributed by atoms with Crippen molar-refractivity contribution in [3.63, 3.8) is 0 Å². The molecule has 2 aromatic rings. The van der Waals surface area contributed by atoms with Gasteiger partial charge in [-0.2, -0.15) is 0 Å². The number of halogens is 1. The number of rotatable bonds is 4. The average molecular weight is 345 g/mol. The van der Waals surface area contributed by atoms with Gasteiger partial charge in [0.05, 0.1) is 7.11 Å². The highest BCUT2D eigenvalue weighted by molar-refractivity contribution is 6.29. The number of aromatic nitrogens is 2. The molecule has 1 saturated carbocycles. The first-order valence-corrected chi connectivity index (χ1v) is 8.79. The molecule has 6 heteroatoms. The van der Waals surface area contributed by atoms with Crippen molar-refractivity contribution >= 4 is 23.1 Å². The molecule has 0 bridgehead atoms. The molecule has 0 radical (unpaired) electrons. The fraction of sp³-hybridized carbons (Fsp3) is 0.444. The third-order valence-electron chi connectivity index (χ3n) is 4.66. The van der Waals surface area contributed by atoms with Gasteiger partial charge in [0.15, 0.2) is 0 Å². The van der Waals surface area contributed by atoms with Gasteiger partial charge in [0, 0.05) is 49.9 Å². The van der Waals surface area contributed by atoms with Crippen LogP contribution in [0.3, 0.4) is 0 Å². The first kappa shape index (κ1) is 15.5. The predicted octanol–water partition coefficient (Wildman–Crippen LogP) is 3.34. The van der Waals surface area contributed by atoms with Crippen LogP contribution < -0.4 is 14.5 Å². The maximum absolute atomic E-state index is 6.20. The third-order valence-corrected chi connectivity index (χ3v) is 4.86. The molecule has 1 saturated heterocycles. The van der Waals surface area contributed by atoms with Crippen LogP contribution in [0.25, 0.3) is 0 Å². The van der Waals surface area contributed by atoms with E-state index in [1.54, 1.807) is 7.11 Å². The van der Waals surface area contributed by atoms with Gasteiger partial charge in [-0.25, -0.2) is 9.97 Å². The summed E-state index contributed by atoms with van der Waals surface area (Å²) in [5, 5.41) is 0.553. The lowest BCUT2D eigenvalue weighted by Gasteiger charge is -2.37. The van der Waals surface area contributed by atoms with Crippen molar-refractivity contribution in [2.75, 3.05) is 43.1 Å². The number of ether oxygens (including phenoxy) is 1. The third kappa shape index (κ3) is 3.26. The number of hydrogen-bond acceptors (Lipinski definition) is 5. The minimum atomic E-state index is 0.514. The molecule has 1 aromatic carbocycles. The van der Waals surface area contributed by atoms with Gasteiger partial charge in [-0.15, -0.1) is 0 Å². The number of anilines is 2. The van der Waals surface area contributed by atoms with Gasteiger partial charge in [-0.3, -0.25) is 0 Å². The summed E-state index contributed by atoms with van der Waals surface area (Å²) < 4.78 is 5.32. The smallest absolute Gasteiger partial charge is 0.135 e. The Labute approximate surface area is 147 Å². The standard InChI is InChI=1S/C18H21ClN4O/c1-24-15-4-2-3-14(11-15)22-7-9-23(10-8-22)17-12-16(19)20-18(21-17)13-5-6-13/h2-4,11-13H,5-10H2,1H3. The second-order valence-corrected chi connectivity index (χ2v) is 6.74. The van der Waals surface area contributed by atoms with E-state index in [1.807, 2.05) is 18.2 Å². The van der Waals surface area contributed by atoms with Crippen LogP contribution in [0.2, 0.25) is 5.15 Å². The monoisotopic (exact) mass is 344 g/mol. The lowest BCUT2D eigenvalue weighted by atomic mass is 10.2. The summed E-state index contributed by atoms with van der Waals surface area (Å²) in [5.74, 6) is 3.28. The molecule has 126 valence electrons. The maximum Gasteiger partial charge on any atom is 0.135 e. The lowest BCUT2D eigenvalue weighted by Crippen LogP contribution is -2.46. The van der Waals surface area contributed by atoms with Crippen LogP contribution in [-0.4, -0.2) is 43.3 Å². The molecule has 0 unspecified atom stereocenters. The van der Waals surface area contributed by atoms with Crippen molar-refractivity contribution in [1.82, 2.24) is 9.97 Å². The van der Waals surface area contributed by atoms with Crippen LogP contribution >= 0.6 is 11.6 Å². The summed E-state index contributed by atoms with van der Waals surface area (Å²) >= 11 is 6.20. The van der Waals surface area contributed by atoms with Gasteiger partial charge in [-0.1, -0.05) is 17.7 Å². The van der Waals surface area contributed by atoms with Crippen molar-refractivity contribution < 1.29 is 4.74 Å². The van der Waals surface area contributed by atoms with E-state index in [9.17, 15) is 0 Å². The topological polar surface area (TPSA) is 41.5 Å². The van der Waals surface area contributed by atoms with Gasteiger partial charge >= 0.3 is 0 Å². The van der Waals surface area contributed by atoms with Crippen LogP contribution in [-0.2, 0) is 0 Å². The molecule has 0 amide bonds. The first-order chi connectivity index (χ1) is 11.7. The molecule has 2 fully saturated rings. The fourth-order valence-corrected chi connectivity index (χ4v) is 3.29. The largest absolute Gasteiger partial charge is 0.497 e. The normalized spacial score (nSPS) is 17.9. The Hall–Kier alpha value is -2.01. The molecule has 1 aromatic heterocycles. The molecule has 0 atom stereocenters. The Morgan fingerprint density at radius 2 is 1.79 bits per heavy atom. The van der Waals surface area contributed by atoms with Gasteiger partial charge in [0.25, 0.3) is 0 Å². The Balaban J connectivity index is 1.46. The van der Waals surface area contributed by atoms with Gasteiger partial charge in [0.2, 0.25) is 0 Å². The molecule has 0 N–H and O–H groups in total. The molecular weight excluding hydrogens is 324 g/mol. The zero-order valence-electron chi connectivity index (χ0n) is 13.8. The maximum atomic E-state index is 6.20. The molecule has 1 aliphatic heterocycles. The van der Waals surface area contributed by atoms with Crippen LogP contribution in [0, 0.1) is 0 Å². The molecule has 24 heavy (non-hydrogen) atoms. The highest BCUT2D eigenvalue weighted by Crippen LogP contribution is 2.39. The molecule has 4 rings (SSSR count). The van der Waals surface area contributed by atoms with Gasteiger partial charge < -0.3 is 14.5 Å². The minimum Gasteiger partial charge on any atom is -0.497 e. The summed E-state index contributed by atoms with van der Waals surface area (Å²) in [6.45, 7) is 3.75. The predicted molar refractivity (Wildman–Crippen MR) is 96.4 cm³/mol. The summed E-state index contributed by atoms with van der Waals surface area (Å²) in [6, 6.07) is 10.1. The van der Waals surface area contributed by atoms with Crippen LogP contribution in [0.5, 0.6) is 5.75 Å². The van der Waals surface area contributed by atoms with E-state index in [0.29, 0.717) is 11.1 Å². The van der Waals surface area contributed by atoms with E-state index in [0.717, 1.165) is 43.6 Å². The molecular formula is C18H21ClN4O. The first-order valence-electron chi connectivity index (χ1n) is 8.41. The highest BCUT2D eigenvalue weighted by atomic mass is 35.5. The Bertz CT molecular complexity index is 727. The van der Waals surface area contributed by atoms with Gasteiger partial charge in [-0.05, 0) is 25.0 Å². The second kappa shape index (κ2) is 6.48. The fourth-order valence-electron chi connectivity index (χ4n) is 3.11. The van der Waals surface area contributed by atoms with Crippen LogP contribution in [0.1, 0.15) is 24.6 Å². The van der Waals surface area contributed by atoms with Crippen molar-refractivity contribution in [3.05, 3.63) is 41.3 Å². The summed E-state index contributed by atoms with van der Waals surface area (Å²) in [4.78, 5) is 13.8. The summed E-state index contributed by atoms with van der Waals surface area (Å²) in [5.41, 5.74) is 1.20. The Morgan fingerprint density at radius 3 is 2.50 bits per heavy atom. The van der Waals surface area contributed by atoms with Gasteiger partial charge in [0.1, 0.15) is 22.5 Å². The lowest BCUT2D eigenvalue weighted by molar-refractivity contribution is 0.414. The quantitative estimate of drug-likeness (QED) is 0.796. The molecule has 2 aliphatic rings. The number of piperazine rings is 1. The van der Waals surface area contributed by atoms with Crippen molar-refractivity contribution in [2.24, 2.45) is 0 Å². The SMILES string of the molecule is COc1cccc(N2CCN(c3cc(Cl)nc(C4CC4)n3)CC2)c1. The molecule has 0 spiro atoms. The zero-order chi connectivity index (χ0) is 16.5. The average Bonchev–Trinajstić information content (AvgIpc) is 3.47. The minimum absolute atomic E-state index is 0.514. The van der Waals surface area contributed by atoms with E-state index in [4.69, 9.17) is 21.3 Å². The zero-order valence-corrected chi connectivity index (χ0v) is 14.5. The van der Waals surface area contributed by atoms with E-state index >= 15 is 0 Å². The van der Waals surface area contributed by atoms with Crippen molar-refractivity contribution in [2.45, 2.75) is 18.8 Å². The molecule has 1 aliphatic carbocycles. The Morgan fingerprint density at radius 1 is 1.04 bits per heavy atom.